The zero-order valence-corrected chi connectivity index (χ0v) is 82.9. The van der Waals surface area contributed by atoms with Crippen LogP contribution in [-0.2, 0) is 168 Å². The molecule has 4 fully saturated rings. The number of aryl methyl sites for hydroxylation is 4. The van der Waals surface area contributed by atoms with E-state index in [9.17, 15) is 85.6 Å². The van der Waals surface area contributed by atoms with Crippen molar-refractivity contribution >= 4 is 216 Å². The number of carbonyl (C=O) groups excluding carboxylic acids is 8. The SMILES string of the molecule is C.CC(=O)c1nn(CC(=O)N2C[C@H](F)C[C@H]2C(=O)O)c2ccc(-c3cnc(C)nc3)cc12.CC(=O)c1nn(CC(=O)O)c2ccc(-c3cnc(C)nc3)cc12.COC(=O)[C@@H]1C[C@@H](F)CN1.COC(=O)[C@@H]1C[C@@H](F)CN1C(=O)Cn1nc(C(C)=O)c2cc(-c3cnc(C)nc3)ccc21.Cc1ncc(-c2ccc3c(c2)c(C(C)O)nn3CC(=O)N2C[C@H](F)C[C@H]2C(=O)O)cn1.S.S=S.S=S=S.S=S=S=S. The number of fused-ring (bicyclic) bond motifs is 4. The van der Waals surface area contributed by atoms with Gasteiger partial charge in [0.15, 0.2) is 17.3 Å². The minimum atomic E-state index is -1.38. The summed E-state index contributed by atoms with van der Waals surface area (Å²) in [7, 11) is 5.76. The van der Waals surface area contributed by atoms with E-state index in [1.54, 1.807) is 127 Å². The van der Waals surface area contributed by atoms with Gasteiger partial charge < -0.3 is 49.9 Å². The van der Waals surface area contributed by atoms with E-state index >= 15 is 0 Å². The van der Waals surface area contributed by atoms with E-state index < -0.39 is 96.6 Å². The van der Waals surface area contributed by atoms with E-state index in [0.717, 1.165) is 63.2 Å². The third kappa shape index (κ3) is 29.0. The number of nitrogens with zero attached hydrogens (tertiary/aromatic N) is 19. The van der Waals surface area contributed by atoms with E-state index in [1.807, 2.05) is 30.3 Å². The second-order valence-electron chi connectivity index (χ2n) is 30.7. The number of benzene rings is 4. The topological polar surface area (TPSA) is 483 Å². The van der Waals surface area contributed by atoms with Crippen LogP contribution in [0.3, 0.4) is 0 Å². The molecular weight excluding hydrogens is 1990 g/mol. The van der Waals surface area contributed by atoms with Crippen LogP contribution >= 0.6 is 13.5 Å². The largest absolute Gasteiger partial charge is 0.480 e. The van der Waals surface area contributed by atoms with Crippen molar-refractivity contribution in [2.45, 2.75) is 170 Å². The van der Waals surface area contributed by atoms with Crippen LogP contribution in [0, 0.1) is 27.7 Å². The van der Waals surface area contributed by atoms with Crippen LogP contribution in [0.15, 0.2) is 122 Å². The highest BCUT2D eigenvalue weighted by molar-refractivity contribution is 8.51. The number of aliphatic hydroxyl groups is 1. The number of aliphatic hydroxyl groups excluding tert-OH is 1. The second kappa shape index (κ2) is 52.6. The predicted molar refractivity (Wildman–Crippen MR) is 529 cm³/mol. The lowest BCUT2D eigenvalue weighted by Gasteiger charge is -2.22. The quantitative estimate of drug-likeness (QED) is 0.0270. The molecule has 0 radical (unpaired) electrons. The van der Waals surface area contributed by atoms with Gasteiger partial charge in [-0.3, -0.25) is 57.1 Å². The average Bonchev–Trinajstić information content (AvgIpc) is 1.65. The molecular formula is C87H94F4N20O17S10. The number of carboxylic acid groups (broad SMARTS) is 3. The van der Waals surface area contributed by atoms with Gasteiger partial charge in [-0.05, 0) is 105 Å². The number of hydrogen-bond acceptors (Lipinski definition) is 33. The molecule has 8 aromatic heterocycles. The van der Waals surface area contributed by atoms with Crippen molar-refractivity contribution in [2.75, 3.05) is 40.4 Å². The summed E-state index contributed by atoms with van der Waals surface area (Å²) in [5.74, 6) is -4.23. The number of ketones is 3. The van der Waals surface area contributed by atoms with Crippen LogP contribution in [0.1, 0.15) is 127 Å². The van der Waals surface area contributed by atoms with Crippen LogP contribution in [0.5, 0.6) is 0 Å². The van der Waals surface area contributed by atoms with Gasteiger partial charge in [0.2, 0.25) is 17.7 Å². The molecule has 9 atom stereocenters. The molecule has 1 unspecified atom stereocenters. The molecule has 0 bridgehead atoms. The summed E-state index contributed by atoms with van der Waals surface area (Å²) in [6.07, 6.45) is 7.40. The molecule has 16 rings (SSSR count). The average molecular weight is 2090 g/mol. The Hall–Kier alpha value is -12.2. The Morgan fingerprint density at radius 1 is 0.428 bits per heavy atom. The molecule has 5 N–H and O–H groups in total. The maximum atomic E-state index is 13.9. The molecule has 12 aromatic rings. The molecule has 4 aliphatic rings. The predicted octanol–water partition coefficient (Wildman–Crippen LogP) is 8.70. The fraction of sp³-hybridized carbons (Fsp3) is 0.368. The first-order chi connectivity index (χ1) is 64.8. The lowest BCUT2D eigenvalue weighted by atomic mass is 10.0. The first kappa shape index (κ1) is 113. The van der Waals surface area contributed by atoms with Gasteiger partial charge >= 0.3 is 29.8 Å². The molecule has 0 spiro atoms. The van der Waals surface area contributed by atoms with Gasteiger partial charge in [0.25, 0.3) is 0 Å². The number of amides is 3. The zero-order chi connectivity index (χ0) is 99.8. The summed E-state index contributed by atoms with van der Waals surface area (Å²) in [6.45, 7) is 11.4. The minimum Gasteiger partial charge on any atom is -0.480 e. The lowest BCUT2D eigenvalue weighted by molar-refractivity contribution is -0.151. The number of aliphatic carboxylic acids is 3. The van der Waals surface area contributed by atoms with Crippen LogP contribution in [0.2, 0.25) is 0 Å². The summed E-state index contributed by atoms with van der Waals surface area (Å²) >= 11 is 24.2. The Balaban J connectivity index is 0.000000235. The molecule has 4 aliphatic heterocycles. The van der Waals surface area contributed by atoms with Gasteiger partial charge in [0, 0.05) is 240 Å². The number of methoxy groups -OCH3 is 2. The van der Waals surface area contributed by atoms with Crippen molar-refractivity contribution in [2.24, 2.45) is 0 Å². The van der Waals surface area contributed by atoms with Crippen LogP contribution in [-0.4, -0.2) is 268 Å². The van der Waals surface area contributed by atoms with E-state index in [2.05, 4.69) is 137 Å². The van der Waals surface area contributed by atoms with Crippen molar-refractivity contribution in [3.05, 3.63) is 168 Å². The van der Waals surface area contributed by atoms with Gasteiger partial charge in [-0.15, -0.1) is 0 Å². The van der Waals surface area contributed by atoms with Gasteiger partial charge in [-0.2, -0.15) is 33.9 Å². The third-order valence-corrected chi connectivity index (χ3v) is 23.6. The smallest absolute Gasteiger partial charge is 0.328 e. The Labute approximate surface area is 831 Å². The molecule has 37 nitrogen and oxygen atoms in total. The molecule has 12 heterocycles. The molecule has 138 heavy (non-hydrogen) atoms. The number of hydrogen-bond donors (Lipinski definition) is 5. The van der Waals surface area contributed by atoms with E-state index in [0.29, 0.717) is 72.6 Å². The monoisotopic (exact) mass is 2090 g/mol. The molecule has 4 aromatic carbocycles. The van der Waals surface area contributed by atoms with Gasteiger partial charge in [0.05, 0.1) is 67.7 Å². The molecule has 0 saturated carbocycles. The zero-order valence-electron chi connectivity index (χ0n) is 74.5. The highest BCUT2D eigenvalue weighted by Crippen LogP contribution is 2.35. The summed E-state index contributed by atoms with van der Waals surface area (Å²) in [5, 5.41) is 60.0. The summed E-state index contributed by atoms with van der Waals surface area (Å²) in [4.78, 5) is 168. The number of carboxylic acids is 3. The van der Waals surface area contributed by atoms with Crippen LogP contribution < -0.4 is 5.32 Å². The standard InChI is InChI=1S/C22H22FN5O4.C21H22FN5O4.C21H20FN5O4.C16H14N4O3.C6H10FNO2.CH4.S4.S3.S2.H2S/c1-12(29)21-17-6-14(15-8-24-13(2)25-9-15)4-5-18(17)28(26-21)11-20(30)27-10-16(23)7-19(27)22(31)32-3;2*1-11(28)20-16-5-13(14-7-23-12(2)24-8-14)3-4-17(16)27(25-20)10-19(29)26-9-15(22)6-18(26)21(30)31;1-9(21)16-13-5-11(12-6-17-10(2)18-7-12)3-4-14(13)20(19-16)8-15(22)23;1-10-6(9)5-2-4(7)3-8-5;;1-3-4-2;1-3-2;1-2;/h4-6,8-9,16,19H,7,10-11H2,1-3H3;3-5,7-8,11,15,18,28H,6,9-10H2,1-2H3,(H,30,31);3-5,7-8,15,18H,6,9-10H2,1-2H3,(H,30,31);3-7H,8H2,1-2H3,(H,22,23);4-5,8H,2-3H2,1H3;1H4;;;;1H2/t16-,19+;11?,15-,18+;15-,18+;;4-,5+;;;;;/m111.1...../s1. The Bertz CT molecular complexity index is 6580. The van der Waals surface area contributed by atoms with Crippen molar-refractivity contribution < 1.29 is 100 Å². The van der Waals surface area contributed by atoms with E-state index in [-0.39, 0.29) is 139 Å². The van der Waals surface area contributed by atoms with Gasteiger partial charge in [-0.1, -0.05) is 31.7 Å². The number of halogens is 4. The number of nitrogens with one attached hydrogen (secondary N) is 1. The molecule has 51 heteroatoms. The van der Waals surface area contributed by atoms with Crippen molar-refractivity contribution in [3.8, 4) is 44.5 Å². The Kier molecular flexibility index (Phi) is 43.0. The molecule has 732 valence electrons. The number of ether oxygens (including phenoxy) is 2. The summed E-state index contributed by atoms with van der Waals surface area (Å²) in [5.41, 5.74) is 9.79. The highest BCUT2D eigenvalue weighted by Gasteiger charge is 2.43. The first-order valence-electron chi connectivity index (χ1n) is 40.9. The summed E-state index contributed by atoms with van der Waals surface area (Å²) < 4.78 is 68.5. The lowest BCUT2D eigenvalue weighted by Crippen LogP contribution is -2.42. The van der Waals surface area contributed by atoms with Crippen LogP contribution in [0.4, 0.5) is 17.6 Å². The number of Topliss-reactive ketones (excluding diaryl/α,β-unsaturated/α-hetero) is 3. The number of aromatic nitrogens is 16. The third-order valence-electron chi connectivity index (χ3n) is 21.4. The maximum absolute atomic E-state index is 13.9. The molecule has 3 amide bonds. The number of rotatable bonds is 20. The van der Waals surface area contributed by atoms with Crippen molar-refractivity contribution in [3.63, 3.8) is 0 Å². The molecule has 4 saturated heterocycles. The fourth-order valence-electron chi connectivity index (χ4n) is 15.0. The number of esters is 2. The van der Waals surface area contributed by atoms with E-state index in [4.69, 9.17) is 9.84 Å². The highest BCUT2D eigenvalue weighted by atomic mass is 33.2. The first-order valence-corrected chi connectivity index (χ1v) is 48.9. The van der Waals surface area contributed by atoms with E-state index in [1.165, 1.54) is 76.4 Å². The molecule has 0 aliphatic carbocycles. The van der Waals surface area contributed by atoms with Crippen LogP contribution in [0.25, 0.3) is 88.1 Å². The minimum absolute atomic E-state index is 0. The maximum Gasteiger partial charge on any atom is 0.328 e. The second-order valence-corrected chi connectivity index (χ2v) is 36.0. The normalized spacial score (nSPS) is 17.2. The fourth-order valence-corrected chi connectivity index (χ4v) is 15.0. The Morgan fingerprint density at radius 2 is 0.703 bits per heavy atom. The number of alkyl halides is 4. The summed E-state index contributed by atoms with van der Waals surface area (Å²) in [6, 6.07) is 17.8. The van der Waals surface area contributed by atoms with Crippen molar-refractivity contribution in [1.29, 1.82) is 0 Å². The van der Waals surface area contributed by atoms with Gasteiger partial charge in [-0.25, -0.2) is 71.8 Å². The van der Waals surface area contributed by atoms with Crippen molar-refractivity contribution in [1.82, 2.24) is 99.0 Å². The number of carbonyl (C=O) groups is 11. The van der Waals surface area contributed by atoms with Gasteiger partial charge in [0.1, 0.15) is 115 Å². The Morgan fingerprint density at radius 3 is 0.964 bits per heavy atom. The number of likely N-dealkylation sites (tertiary alicyclic amines) is 3.